The monoisotopic (exact) mass is 564 g/mol. The number of hydrogen-bond acceptors (Lipinski definition) is 7. The molecular weight excluding hydrogens is 528 g/mol. The number of benzene rings is 2. The van der Waals surface area contributed by atoms with Crippen molar-refractivity contribution in [2.45, 2.75) is 26.3 Å². The lowest BCUT2D eigenvalue weighted by Gasteiger charge is -2.28. The fraction of sp³-hybridized carbons (Fsp3) is 0.367. The van der Waals surface area contributed by atoms with Crippen LogP contribution in [-0.4, -0.2) is 69.3 Å². The SMILES string of the molecule is COCCCN(CC(=O)N(CCc1ccc(OC)c(OC)c1)Cc1sccc1C)C(=O)Nc1ccc(C#N)cc1. The predicted molar refractivity (Wildman–Crippen MR) is 156 cm³/mol. The van der Waals surface area contributed by atoms with E-state index in [4.69, 9.17) is 19.5 Å². The summed E-state index contributed by atoms with van der Waals surface area (Å²) in [6.45, 7) is 3.69. The number of rotatable bonds is 14. The van der Waals surface area contributed by atoms with Crippen LogP contribution in [0.5, 0.6) is 11.5 Å². The maximum atomic E-state index is 13.7. The number of carbonyl (C=O) groups excluding carboxylic acids is 2. The molecule has 0 unspecified atom stereocenters. The van der Waals surface area contributed by atoms with Crippen molar-refractivity contribution in [3.8, 4) is 17.6 Å². The number of nitrogens with zero attached hydrogens (tertiary/aromatic N) is 3. The van der Waals surface area contributed by atoms with E-state index in [0.29, 0.717) is 61.8 Å². The van der Waals surface area contributed by atoms with Gasteiger partial charge in [0, 0.05) is 37.4 Å². The van der Waals surface area contributed by atoms with Crippen LogP contribution in [0.3, 0.4) is 0 Å². The van der Waals surface area contributed by atoms with E-state index < -0.39 is 0 Å². The molecule has 0 aliphatic carbocycles. The number of carbonyl (C=O) groups is 2. The highest BCUT2D eigenvalue weighted by molar-refractivity contribution is 7.10. The van der Waals surface area contributed by atoms with Crippen molar-refractivity contribution in [1.82, 2.24) is 9.80 Å². The second-order valence-corrected chi connectivity index (χ2v) is 10.2. The molecule has 212 valence electrons. The zero-order valence-electron chi connectivity index (χ0n) is 23.4. The number of thiophene rings is 1. The standard InChI is InChI=1S/C30H36N4O5S/c1-22-13-17-40-28(22)20-33(15-12-23-8-11-26(38-3)27(18-23)39-4)29(35)21-34(14-5-16-37-2)30(36)32-25-9-6-24(19-31)7-10-25/h6-11,13,17-18H,5,12,14-16,20-21H2,1-4H3,(H,32,36). The molecular formula is C30H36N4O5S. The first-order chi connectivity index (χ1) is 19.4. The highest BCUT2D eigenvalue weighted by atomic mass is 32.1. The van der Waals surface area contributed by atoms with Crippen molar-refractivity contribution in [2.75, 3.05) is 52.9 Å². The molecule has 0 fully saturated rings. The molecule has 0 bridgehead atoms. The summed E-state index contributed by atoms with van der Waals surface area (Å²) in [6.07, 6.45) is 1.19. The van der Waals surface area contributed by atoms with Gasteiger partial charge in [-0.25, -0.2) is 4.79 Å². The Morgan fingerprint density at radius 2 is 1.73 bits per heavy atom. The van der Waals surface area contributed by atoms with Gasteiger partial charge in [0.15, 0.2) is 11.5 Å². The average Bonchev–Trinajstić information content (AvgIpc) is 3.38. The second-order valence-electron chi connectivity index (χ2n) is 9.17. The molecule has 0 atom stereocenters. The highest BCUT2D eigenvalue weighted by Gasteiger charge is 2.23. The Kier molecular flexibility index (Phi) is 11.8. The summed E-state index contributed by atoms with van der Waals surface area (Å²) >= 11 is 1.61. The second kappa shape index (κ2) is 15.5. The summed E-state index contributed by atoms with van der Waals surface area (Å²) in [5.74, 6) is 1.13. The average molecular weight is 565 g/mol. The molecule has 0 spiro atoms. The number of urea groups is 1. The summed E-state index contributed by atoms with van der Waals surface area (Å²) in [6, 6.07) is 16.1. The molecule has 3 amide bonds. The van der Waals surface area contributed by atoms with Crippen LogP contribution in [0.25, 0.3) is 0 Å². The van der Waals surface area contributed by atoms with E-state index in [-0.39, 0.29) is 18.5 Å². The number of amides is 3. The summed E-state index contributed by atoms with van der Waals surface area (Å²) < 4.78 is 16.0. The zero-order chi connectivity index (χ0) is 28.9. The Hall–Kier alpha value is -4.07. The van der Waals surface area contributed by atoms with Crippen molar-refractivity contribution in [3.63, 3.8) is 0 Å². The molecule has 10 heteroatoms. The van der Waals surface area contributed by atoms with Gasteiger partial charge in [-0.3, -0.25) is 4.79 Å². The topological polar surface area (TPSA) is 104 Å². The maximum Gasteiger partial charge on any atom is 0.322 e. The van der Waals surface area contributed by atoms with E-state index in [1.165, 1.54) is 4.90 Å². The summed E-state index contributed by atoms with van der Waals surface area (Å²) in [5.41, 5.74) is 3.19. The van der Waals surface area contributed by atoms with Gasteiger partial charge < -0.3 is 29.3 Å². The van der Waals surface area contributed by atoms with Crippen LogP contribution in [0, 0.1) is 18.3 Å². The first-order valence-electron chi connectivity index (χ1n) is 12.9. The minimum absolute atomic E-state index is 0.0812. The number of hydrogen-bond donors (Lipinski definition) is 1. The van der Waals surface area contributed by atoms with Crippen LogP contribution in [-0.2, 0) is 22.5 Å². The first-order valence-corrected chi connectivity index (χ1v) is 13.8. The van der Waals surface area contributed by atoms with Crippen LogP contribution < -0.4 is 14.8 Å². The van der Waals surface area contributed by atoms with Gasteiger partial charge in [0.1, 0.15) is 6.54 Å². The normalized spacial score (nSPS) is 10.5. The largest absolute Gasteiger partial charge is 0.493 e. The number of aryl methyl sites for hydroxylation is 1. The number of ether oxygens (including phenoxy) is 3. The minimum atomic E-state index is -0.388. The Labute approximate surface area is 239 Å². The van der Waals surface area contributed by atoms with Crippen LogP contribution in [0.15, 0.2) is 53.9 Å². The van der Waals surface area contributed by atoms with E-state index in [0.717, 1.165) is 16.0 Å². The number of anilines is 1. The van der Waals surface area contributed by atoms with Crippen LogP contribution in [0.1, 0.15) is 28.0 Å². The van der Waals surface area contributed by atoms with Crippen molar-refractivity contribution in [2.24, 2.45) is 0 Å². The maximum absolute atomic E-state index is 13.7. The molecule has 0 radical (unpaired) electrons. The quantitative estimate of drug-likeness (QED) is 0.274. The minimum Gasteiger partial charge on any atom is -0.493 e. The van der Waals surface area contributed by atoms with Crippen LogP contribution >= 0.6 is 11.3 Å². The lowest BCUT2D eigenvalue weighted by atomic mass is 10.1. The van der Waals surface area contributed by atoms with Crippen LogP contribution in [0.2, 0.25) is 0 Å². The highest BCUT2D eigenvalue weighted by Crippen LogP contribution is 2.28. The van der Waals surface area contributed by atoms with Crippen molar-refractivity contribution in [1.29, 1.82) is 5.26 Å². The molecule has 2 aromatic carbocycles. The molecule has 9 nitrogen and oxygen atoms in total. The lowest BCUT2D eigenvalue weighted by Crippen LogP contribution is -2.45. The van der Waals surface area contributed by atoms with Gasteiger partial charge in [0.2, 0.25) is 5.91 Å². The molecule has 3 aromatic rings. The Morgan fingerprint density at radius 3 is 2.35 bits per heavy atom. The smallest absolute Gasteiger partial charge is 0.322 e. The number of methoxy groups -OCH3 is 3. The fourth-order valence-corrected chi connectivity index (χ4v) is 5.00. The summed E-state index contributed by atoms with van der Waals surface area (Å²) in [7, 11) is 4.79. The molecule has 0 aliphatic rings. The number of nitriles is 1. The van der Waals surface area contributed by atoms with E-state index in [2.05, 4.69) is 11.4 Å². The summed E-state index contributed by atoms with van der Waals surface area (Å²) in [4.78, 5) is 31.3. The zero-order valence-corrected chi connectivity index (χ0v) is 24.3. The fourth-order valence-electron chi connectivity index (χ4n) is 4.08. The first kappa shape index (κ1) is 30.5. The van der Waals surface area contributed by atoms with Gasteiger partial charge in [0.05, 0.1) is 32.4 Å². The molecule has 1 N–H and O–H groups in total. The molecule has 0 saturated heterocycles. The van der Waals surface area contributed by atoms with Gasteiger partial charge >= 0.3 is 6.03 Å². The molecule has 3 rings (SSSR count). The predicted octanol–water partition coefficient (Wildman–Crippen LogP) is 5.09. The molecule has 0 aliphatic heterocycles. The van der Waals surface area contributed by atoms with Crippen molar-refractivity contribution < 1.29 is 23.8 Å². The van der Waals surface area contributed by atoms with Gasteiger partial charge in [-0.2, -0.15) is 5.26 Å². The van der Waals surface area contributed by atoms with Crippen molar-refractivity contribution in [3.05, 3.63) is 75.5 Å². The third-order valence-electron chi connectivity index (χ3n) is 6.43. The lowest BCUT2D eigenvalue weighted by molar-refractivity contribution is -0.132. The van der Waals surface area contributed by atoms with Gasteiger partial charge in [0.25, 0.3) is 0 Å². The number of nitrogens with one attached hydrogen (secondary N) is 1. The summed E-state index contributed by atoms with van der Waals surface area (Å²) in [5, 5.41) is 13.9. The third-order valence-corrected chi connectivity index (χ3v) is 7.44. The van der Waals surface area contributed by atoms with Crippen molar-refractivity contribution >= 4 is 29.0 Å². The van der Waals surface area contributed by atoms with Gasteiger partial charge in [-0.05, 0) is 78.7 Å². The molecule has 1 aromatic heterocycles. The van der Waals surface area contributed by atoms with Gasteiger partial charge in [-0.15, -0.1) is 11.3 Å². The van der Waals surface area contributed by atoms with E-state index in [1.54, 1.807) is 61.8 Å². The molecule has 40 heavy (non-hydrogen) atoms. The third kappa shape index (κ3) is 8.73. The van der Waals surface area contributed by atoms with Crippen LogP contribution in [0.4, 0.5) is 10.5 Å². The van der Waals surface area contributed by atoms with E-state index in [1.807, 2.05) is 36.6 Å². The molecule has 1 heterocycles. The van der Waals surface area contributed by atoms with Gasteiger partial charge in [-0.1, -0.05) is 6.07 Å². The Morgan fingerprint density at radius 1 is 0.975 bits per heavy atom. The van der Waals surface area contributed by atoms with E-state index in [9.17, 15) is 9.59 Å². The molecule has 0 saturated carbocycles. The Balaban J connectivity index is 1.76. The Bertz CT molecular complexity index is 1300. The van der Waals surface area contributed by atoms with E-state index >= 15 is 0 Å².